The van der Waals surface area contributed by atoms with Crippen molar-refractivity contribution in [1.29, 1.82) is 0 Å². The molecule has 0 spiro atoms. The van der Waals surface area contributed by atoms with Crippen molar-refractivity contribution in [3.63, 3.8) is 0 Å². The fourth-order valence-electron chi connectivity index (χ4n) is 2.18. The van der Waals surface area contributed by atoms with Crippen LogP contribution in [0, 0.1) is 6.92 Å². The average Bonchev–Trinajstić information content (AvgIpc) is 2.98. The van der Waals surface area contributed by atoms with E-state index < -0.39 is 0 Å². The number of benzene rings is 2. The molecule has 3 rings (SSSR count). The third kappa shape index (κ3) is 3.11. The second kappa shape index (κ2) is 5.79. The van der Waals surface area contributed by atoms with Gasteiger partial charge in [-0.3, -0.25) is 0 Å². The van der Waals surface area contributed by atoms with Gasteiger partial charge in [0.2, 0.25) is 0 Å². The van der Waals surface area contributed by atoms with Gasteiger partial charge in [0.05, 0.1) is 0 Å². The van der Waals surface area contributed by atoms with E-state index in [1.54, 1.807) is 0 Å². The van der Waals surface area contributed by atoms with Gasteiger partial charge in [-0.05, 0) is 42.7 Å². The van der Waals surface area contributed by atoms with Crippen molar-refractivity contribution in [2.45, 2.75) is 19.8 Å². The highest BCUT2D eigenvalue weighted by Crippen LogP contribution is 2.22. The predicted molar refractivity (Wildman–Crippen MR) is 82.7 cm³/mol. The van der Waals surface area contributed by atoms with E-state index in [1.165, 1.54) is 5.56 Å². The highest BCUT2D eigenvalue weighted by atomic mass is 16.5. The normalized spacial score (nSPS) is 10.7. The monoisotopic (exact) mass is 279 g/mol. The molecule has 4 nitrogen and oxygen atoms in total. The molecule has 0 aliphatic heterocycles. The first-order valence-corrected chi connectivity index (χ1v) is 6.95. The lowest BCUT2D eigenvalue weighted by atomic mass is 10.1. The van der Waals surface area contributed by atoms with Crippen molar-refractivity contribution in [3.05, 3.63) is 65.5 Å². The highest BCUT2D eigenvalue weighted by Gasteiger charge is 2.09. The Balaban J connectivity index is 1.72. The third-order valence-corrected chi connectivity index (χ3v) is 3.46. The molecular formula is C17H17N3O. The molecule has 2 aromatic carbocycles. The van der Waals surface area contributed by atoms with Gasteiger partial charge in [-0.15, -0.1) is 0 Å². The maximum atomic E-state index is 5.82. The Kier molecular flexibility index (Phi) is 3.69. The minimum atomic E-state index is 0.543. The first-order valence-electron chi connectivity index (χ1n) is 6.95. The van der Waals surface area contributed by atoms with Crippen LogP contribution in [0.15, 0.2) is 53.1 Å². The van der Waals surface area contributed by atoms with E-state index in [9.17, 15) is 0 Å². The van der Waals surface area contributed by atoms with Gasteiger partial charge in [0.25, 0.3) is 5.89 Å². The molecule has 21 heavy (non-hydrogen) atoms. The van der Waals surface area contributed by atoms with Crippen LogP contribution in [0.1, 0.15) is 17.0 Å². The Labute approximate surface area is 123 Å². The Morgan fingerprint density at radius 1 is 1.05 bits per heavy atom. The number of rotatable bonds is 4. The number of nitrogens with zero attached hydrogens (tertiary/aromatic N) is 2. The summed E-state index contributed by atoms with van der Waals surface area (Å²) in [6, 6.07) is 16.0. The van der Waals surface area contributed by atoms with E-state index in [0.717, 1.165) is 35.5 Å². The van der Waals surface area contributed by atoms with Gasteiger partial charge in [0, 0.05) is 17.7 Å². The lowest BCUT2D eigenvalue weighted by Gasteiger charge is -2.00. The molecule has 4 heteroatoms. The summed E-state index contributed by atoms with van der Waals surface area (Å²) in [5.41, 5.74) is 9.77. The molecule has 1 aromatic heterocycles. The fourth-order valence-corrected chi connectivity index (χ4v) is 2.18. The summed E-state index contributed by atoms with van der Waals surface area (Å²) in [7, 11) is 0. The van der Waals surface area contributed by atoms with Gasteiger partial charge in [0.1, 0.15) is 0 Å². The number of nitrogens with two attached hydrogens (primary N) is 1. The lowest BCUT2D eigenvalue weighted by molar-refractivity contribution is 0.422. The van der Waals surface area contributed by atoms with E-state index in [4.69, 9.17) is 10.3 Å². The van der Waals surface area contributed by atoms with E-state index in [2.05, 4.69) is 22.3 Å². The quantitative estimate of drug-likeness (QED) is 0.743. The lowest BCUT2D eigenvalue weighted by Crippen LogP contribution is -1.93. The van der Waals surface area contributed by atoms with Crippen molar-refractivity contribution >= 4 is 5.69 Å². The number of aryl methyl sites for hydroxylation is 3. The zero-order chi connectivity index (χ0) is 14.7. The van der Waals surface area contributed by atoms with Crippen LogP contribution in [0.2, 0.25) is 0 Å². The minimum Gasteiger partial charge on any atom is -0.399 e. The molecule has 0 saturated carbocycles. The first kappa shape index (κ1) is 13.4. The van der Waals surface area contributed by atoms with Crippen LogP contribution in [0.4, 0.5) is 5.69 Å². The maximum Gasteiger partial charge on any atom is 0.257 e. The van der Waals surface area contributed by atoms with Crippen molar-refractivity contribution in [2.24, 2.45) is 0 Å². The molecule has 0 unspecified atom stereocenters. The highest BCUT2D eigenvalue weighted by molar-refractivity contribution is 5.60. The topological polar surface area (TPSA) is 64.9 Å². The van der Waals surface area contributed by atoms with Crippen molar-refractivity contribution in [3.8, 4) is 11.5 Å². The molecule has 0 radical (unpaired) electrons. The molecule has 0 atom stereocenters. The Morgan fingerprint density at radius 2 is 1.86 bits per heavy atom. The van der Waals surface area contributed by atoms with Gasteiger partial charge in [-0.2, -0.15) is 4.98 Å². The predicted octanol–water partition coefficient (Wildman–Crippen LogP) is 3.41. The average molecular weight is 279 g/mol. The van der Waals surface area contributed by atoms with E-state index >= 15 is 0 Å². The van der Waals surface area contributed by atoms with Crippen LogP contribution in [-0.4, -0.2) is 10.1 Å². The molecule has 0 amide bonds. The number of nitrogen functional groups attached to an aromatic ring is 1. The van der Waals surface area contributed by atoms with Crippen LogP contribution in [-0.2, 0) is 12.8 Å². The summed E-state index contributed by atoms with van der Waals surface area (Å²) in [6.07, 6.45) is 1.67. The summed E-state index contributed by atoms with van der Waals surface area (Å²) >= 11 is 0. The maximum absolute atomic E-state index is 5.82. The van der Waals surface area contributed by atoms with Crippen molar-refractivity contribution in [1.82, 2.24) is 10.1 Å². The zero-order valence-corrected chi connectivity index (χ0v) is 11.9. The second-order valence-corrected chi connectivity index (χ2v) is 5.07. The van der Waals surface area contributed by atoms with Crippen molar-refractivity contribution < 1.29 is 4.52 Å². The molecule has 3 aromatic rings. The standard InChI is InChI=1S/C17H17N3O/c1-12-11-14(8-9-15(12)18)17-19-16(20-21-17)10-7-13-5-3-2-4-6-13/h2-6,8-9,11H,7,10,18H2,1H3. The summed E-state index contributed by atoms with van der Waals surface area (Å²) in [5, 5.41) is 4.04. The van der Waals surface area contributed by atoms with E-state index in [1.807, 2.05) is 43.3 Å². The number of aromatic nitrogens is 2. The summed E-state index contributed by atoms with van der Waals surface area (Å²) in [6.45, 7) is 1.96. The van der Waals surface area contributed by atoms with Crippen LogP contribution in [0.5, 0.6) is 0 Å². The summed E-state index contributed by atoms with van der Waals surface area (Å²) in [4.78, 5) is 4.45. The molecule has 106 valence electrons. The van der Waals surface area contributed by atoms with E-state index in [-0.39, 0.29) is 0 Å². The fraction of sp³-hybridized carbons (Fsp3) is 0.176. The molecule has 0 fully saturated rings. The summed E-state index contributed by atoms with van der Waals surface area (Å²) < 4.78 is 5.33. The zero-order valence-electron chi connectivity index (χ0n) is 11.9. The molecule has 2 N–H and O–H groups in total. The van der Waals surface area contributed by atoms with Gasteiger partial charge >= 0.3 is 0 Å². The minimum absolute atomic E-state index is 0.543. The Morgan fingerprint density at radius 3 is 2.62 bits per heavy atom. The van der Waals surface area contributed by atoms with Gasteiger partial charge < -0.3 is 10.3 Å². The first-order chi connectivity index (χ1) is 10.2. The number of anilines is 1. The Hall–Kier alpha value is -2.62. The molecule has 0 saturated heterocycles. The molecular weight excluding hydrogens is 262 g/mol. The van der Waals surface area contributed by atoms with Gasteiger partial charge in [0.15, 0.2) is 5.82 Å². The second-order valence-electron chi connectivity index (χ2n) is 5.07. The largest absolute Gasteiger partial charge is 0.399 e. The SMILES string of the molecule is Cc1cc(-c2nc(CCc3ccccc3)no2)ccc1N. The third-order valence-electron chi connectivity index (χ3n) is 3.46. The molecule has 1 heterocycles. The van der Waals surface area contributed by atoms with Gasteiger partial charge in [-0.25, -0.2) is 0 Å². The molecule has 0 bridgehead atoms. The van der Waals surface area contributed by atoms with Crippen LogP contribution in [0.25, 0.3) is 11.5 Å². The molecule has 0 aliphatic rings. The van der Waals surface area contributed by atoms with Crippen LogP contribution in [0.3, 0.4) is 0 Å². The smallest absolute Gasteiger partial charge is 0.257 e. The Bertz CT molecular complexity index is 735. The van der Waals surface area contributed by atoms with Crippen molar-refractivity contribution in [2.75, 3.05) is 5.73 Å². The summed E-state index contributed by atoms with van der Waals surface area (Å²) in [5.74, 6) is 1.27. The molecule has 0 aliphatic carbocycles. The number of hydrogen-bond acceptors (Lipinski definition) is 4. The number of hydrogen-bond donors (Lipinski definition) is 1. The van der Waals surface area contributed by atoms with Crippen LogP contribution < -0.4 is 5.73 Å². The van der Waals surface area contributed by atoms with Gasteiger partial charge in [-0.1, -0.05) is 35.5 Å². The van der Waals surface area contributed by atoms with E-state index in [0.29, 0.717) is 5.89 Å². The van der Waals surface area contributed by atoms with Crippen LogP contribution >= 0.6 is 0 Å².